The molecule has 0 saturated carbocycles. The molecule has 3 aromatic rings. The van der Waals surface area contributed by atoms with E-state index < -0.39 is 5.82 Å². The number of anilines is 1. The van der Waals surface area contributed by atoms with Gasteiger partial charge in [-0.1, -0.05) is 35.3 Å². The molecule has 1 N–H and O–H groups in total. The van der Waals surface area contributed by atoms with E-state index in [1.807, 2.05) is 43.5 Å². The van der Waals surface area contributed by atoms with Gasteiger partial charge < -0.3 is 9.88 Å². The Morgan fingerprint density at radius 1 is 1.04 bits per heavy atom. The molecule has 1 heterocycles. The van der Waals surface area contributed by atoms with Gasteiger partial charge >= 0.3 is 0 Å². The van der Waals surface area contributed by atoms with Gasteiger partial charge in [0.15, 0.2) is 5.82 Å². The van der Waals surface area contributed by atoms with Gasteiger partial charge in [0.1, 0.15) is 0 Å². The highest BCUT2D eigenvalue weighted by Crippen LogP contribution is 2.33. The van der Waals surface area contributed by atoms with E-state index in [2.05, 4.69) is 23.7 Å². The summed E-state index contributed by atoms with van der Waals surface area (Å²) in [5.41, 5.74) is 3.49. The van der Waals surface area contributed by atoms with E-state index in [1.165, 1.54) is 0 Å². The van der Waals surface area contributed by atoms with E-state index in [1.54, 1.807) is 18.2 Å². The molecule has 0 bridgehead atoms. The molecule has 0 saturated heterocycles. The zero-order valence-electron chi connectivity index (χ0n) is 14.9. The third-order valence-corrected chi connectivity index (χ3v) is 4.99. The fourth-order valence-electron chi connectivity index (χ4n) is 3.17. The molecule has 26 heavy (non-hydrogen) atoms. The van der Waals surface area contributed by atoms with Gasteiger partial charge in [-0.2, -0.15) is 0 Å². The molecule has 1 atom stereocenters. The quantitative estimate of drug-likeness (QED) is 0.494. The van der Waals surface area contributed by atoms with Crippen molar-refractivity contribution in [3.05, 3.63) is 87.4 Å². The molecular weight excluding hydrogens is 370 g/mol. The second-order valence-corrected chi connectivity index (χ2v) is 7.46. The molecule has 0 radical (unpaired) electrons. The SMILES string of the molecule is Cc1cc(Cl)ccc1C(Nc1cccc(Cl)c1F)c1cccn1C(C)C. The smallest absolute Gasteiger partial charge is 0.164 e. The number of halogens is 3. The van der Waals surface area contributed by atoms with E-state index in [-0.39, 0.29) is 17.1 Å². The van der Waals surface area contributed by atoms with Gasteiger partial charge in [-0.3, -0.25) is 0 Å². The molecule has 1 unspecified atom stereocenters. The van der Waals surface area contributed by atoms with Gasteiger partial charge in [-0.25, -0.2) is 4.39 Å². The fraction of sp³-hybridized carbons (Fsp3) is 0.238. The van der Waals surface area contributed by atoms with Crippen molar-refractivity contribution in [2.45, 2.75) is 32.9 Å². The molecule has 5 heteroatoms. The molecule has 0 aliphatic carbocycles. The van der Waals surface area contributed by atoms with Gasteiger partial charge in [0.25, 0.3) is 0 Å². The molecule has 2 aromatic carbocycles. The largest absolute Gasteiger partial charge is 0.370 e. The average Bonchev–Trinajstić information content (AvgIpc) is 3.07. The zero-order valence-corrected chi connectivity index (χ0v) is 16.4. The summed E-state index contributed by atoms with van der Waals surface area (Å²) in [5, 5.41) is 4.12. The molecule has 0 spiro atoms. The van der Waals surface area contributed by atoms with Crippen molar-refractivity contribution in [3.63, 3.8) is 0 Å². The summed E-state index contributed by atoms with van der Waals surface area (Å²) in [7, 11) is 0. The number of nitrogens with one attached hydrogen (secondary N) is 1. The number of aryl methyl sites for hydroxylation is 1. The first-order chi connectivity index (χ1) is 12.4. The third kappa shape index (κ3) is 3.74. The summed E-state index contributed by atoms with van der Waals surface area (Å²) in [6.07, 6.45) is 2.04. The zero-order chi connectivity index (χ0) is 18.8. The van der Waals surface area contributed by atoms with Crippen LogP contribution in [0.3, 0.4) is 0 Å². The standard InChI is InChI=1S/C21H21Cl2FN2/c1-13(2)26-11-5-8-19(26)21(16-10-9-15(22)12-14(16)3)25-18-7-4-6-17(23)20(18)24/h4-13,21,25H,1-3H3. The second-order valence-electron chi connectivity index (χ2n) is 6.61. The fourth-order valence-corrected chi connectivity index (χ4v) is 3.57. The van der Waals surface area contributed by atoms with Crippen LogP contribution in [0.1, 0.15) is 42.8 Å². The van der Waals surface area contributed by atoms with Crippen LogP contribution in [0, 0.1) is 12.7 Å². The minimum atomic E-state index is -0.451. The average molecular weight is 391 g/mol. The van der Waals surface area contributed by atoms with Gasteiger partial charge in [0.2, 0.25) is 0 Å². The summed E-state index contributed by atoms with van der Waals surface area (Å²) in [6.45, 7) is 6.25. The first-order valence-corrected chi connectivity index (χ1v) is 9.27. The van der Waals surface area contributed by atoms with Crippen molar-refractivity contribution in [2.24, 2.45) is 0 Å². The van der Waals surface area contributed by atoms with E-state index >= 15 is 0 Å². The number of aromatic nitrogens is 1. The summed E-state index contributed by atoms with van der Waals surface area (Å²) in [6, 6.07) is 14.8. The van der Waals surface area contributed by atoms with E-state index in [0.717, 1.165) is 16.8 Å². The van der Waals surface area contributed by atoms with Crippen molar-refractivity contribution in [1.29, 1.82) is 0 Å². The molecule has 136 valence electrons. The molecular formula is C21H21Cl2FN2. The Balaban J connectivity index is 2.13. The highest BCUT2D eigenvalue weighted by atomic mass is 35.5. The molecule has 3 rings (SSSR count). The van der Waals surface area contributed by atoms with Crippen LogP contribution >= 0.6 is 23.2 Å². The highest BCUT2D eigenvalue weighted by Gasteiger charge is 2.22. The van der Waals surface area contributed by atoms with Crippen molar-refractivity contribution >= 4 is 28.9 Å². The number of hydrogen-bond acceptors (Lipinski definition) is 1. The maximum Gasteiger partial charge on any atom is 0.164 e. The van der Waals surface area contributed by atoms with Crippen molar-refractivity contribution in [1.82, 2.24) is 4.57 Å². The predicted molar refractivity (Wildman–Crippen MR) is 108 cm³/mol. The summed E-state index contributed by atoms with van der Waals surface area (Å²) in [4.78, 5) is 0. The minimum absolute atomic E-state index is 0.0980. The van der Waals surface area contributed by atoms with Crippen LogP contribution in [-0.2, 0) is 0 Å². The van der Waals surface area contributed by atoms with Gasteiger partial charge in [-0.05, 0) is 68.3 Å². The second kappa shape index (κ2) is 7.73. The van der Waals surface area contributed by atoms with Crippen LogP contribution in [-0.4, -0.2) is 4.57 Å². The van der Waals surface area contributed by atoms with Crippen LogP contribution in [0.15, 0.2) is 54.7 Å². The lowest BCUT2D eigenvalue weighted by Gasteiger charge is -2.26. The first kappa shape index (κ1) is 18.8. The van der Waals surface area contributed by atoms with E-state index in [0.29, 0.717) is 10.7 Å². The Hall–Kier alpha value is -1.97. The summed E-state index contributed by atoms with van der Waals surface area (Å²) in [5.74, 6) is -0.451. The lowest BCUT2D eigenvalue weighted by molar-refractivity contribution is 0.566. The Bertz CT molecular complexity index is 918. The topological polar surface area (TPSA) is 17.0 Å². The van der Waals surface area contributed by atoms with Gasteiger partial charge in [0.05, 0.1) is 16.8 Å². The monoisotopic (exact) mass is 390 g/mol. The Kier molecular flexibility index (Phi) is 5.59. The van der Waals surface area contributed by atoms with Crippen LogP contribution in [0.5, 0.6) is 0 Å². The molecule has 1 aromatic heterocycles. The number of nitrogens with zero attached hydrogens (tertiary/aromatic N) is 1. The number of rotatable bonds is 5. The van der Waals surface area contributed by atoms with Crippen LogP contribution in [0.25, 0.3) is 0 Å². The maximum absolute atomic E-state index is 14.5. The minimum Gasteiger partial charge on any atom is -0.370 e. The van der Waals surface area contributed by atoms with Crippen molar-refractivity contribution in [3.8, 4) is 0 Å². The predicted octanol–water partition coefficient (Wildman–Crippen LogP) is 7.02. The van der Waals surface area contributed by atoms with Crippen LogP contribution < -0.4 is 5.32 Å². The van der Waals surface area contributed by atoms with Crippen molar-refractivity contribution in [2.75, 3.05) is 5.32 Å². The third-order valence-electron chi connectivity index (χ3n) is 4.46. The molecule has 0 aliphatic rings. The summed E-state index contributed by atoms with van der Waals surface area (Å²) < 4.78 is 16.7. The summed E-state index contributed by atoms with van der Waals surface area (Å²) >= 11 is 12.1. The van der Waals surface area contributed by atoms with Crippen LogP contribution in [0.4, 0.5) is 10.1 Å². The van der Waals surface area contributed by atoms with Gasteiger partial charge in [-0.15, -0.1) is 0 Å². The van der Waals surface area contributed by atoms with E-state index in [9.17, 15) is 4.39 Å². The first-order valence-electron chi connectivity index (χ1n) is 8.52. The van der Waals surface area contributed by atoms with E-state index in [4.69, 9.17) is 23.2 Å². The lowest BCUT2D eigenvalue weighted by Crippen LogP contribution is -2.19. The normalized spacial score (nSPS) is 12.4. The Morgan fingerprint density at radius 2 is 1.81 bits per heavy atom. The highest BCUT2D eigenvalue weighted by molar-refractivity contribution is 6.31. The molecule has 2 nitrogen and oxygen atoms in total. The Labute approximate surface area is 163 Å². The maximum atomic E-state index is 14.5. The Morgan fingerprint density at radius 3 is 2.50 bits per heavy atom. The molecule has 0 aliphatic heterocycles. The molecule has 0 fully saturated rings. The van der Waals surface area contributed by atoms with Crippen LogP contribution in [0.2, 0.25) is 10.0 Å². The lowest BCUT2D eigenvalue weighted by atomic mass is 9.98. The number of hydrogen-bond donors (Lipinski definition) is 1. The van der Waals surface area contributed by atoms with Crippen molar-refractivity contribution < 1.29 is 4.39 Å². The van der Waals surface area contributed by atoms with Gasteiger partial charge in [0, 0.05) is 23.0 Å². The molecule has 0 amide bonds. The number of benzene rings is 2.